The minimum absolute atomic E-state index is 0.405. The summed E-state index contributed by atoms with van der Waals surface area (Å²) in [6, 6.07) is 8.11. The van der Waals surface area contributed by atoms with Crippen molar-refractivity contribution >= 4 is 40.1 Å². The first kappa shape index (κ1) is 14.1. The molecule has 4 nitrogen and oxygen atoms in total. The third-order valence-electron chi connectivity index (χ3n) is 3.90. The molecule has 0 atom stereocenters. The highest BCUT2D eigenvalue weighted by Crippen LogP contribution is 2.35. The lowest BCUT2D eigenvalue weighted by molar-refractivity contribution is -0.00133. The predicted molar refractivity (Wildman–Crippen MR) is 89.8 cm³/mol. The summed E-state index contributed by atoms with van der Waals surface area (Å²) in [4.78, 5) is 3.22. The SMILES string of the molecule is Cc1ccc(NSc2ccc(C3COC3)o2)c2[nH]cc(Cl)c12. The molecular weight excluding hydrogens is 320 g/mol. The van der Waals surface area contributed by atoms with Crippen LogP contribution in [-0.2, 0) is 4.74 Å². The van der Waals surface area contributed by atoms with E-state index >= 15 is 0 Å². The average Bonchev–Trinajstić information content (AvgIpc) is 3.05. The van der Waals surface area contributed by atoms with E-state index in [2.05, 4.69) is 22.7 Å². The van der Waals surface area contributed by atoms with Crippen molar-refractivity contribution < 1.29 is 9.15 Å². The summed E-state index contributed by atoms with van der Waals surface area (Å²) in [7, 11) is 0. The van der Waals surface area contributed by atoms with Gasteiger partial charge in [-0.05, 0) is 30.7 Å². The number of H-pyrrole nitrogens is 1. The van der Waals surface area contributed by atoms with E-state index in [1.165, 1.54) is 11.9 Å². The quantitative estimate of drug-likeness (QED) is 0.662. The van der Waals surface area contributed by atoms with E-state index in [0.29, 0.717) is 5.92 Å². The molecule has 0 bridgehead atoms. The Morgan fingerprint density at radius 1 is 1.27 bits per heavy atom. The number of ether oxygens (including phenoxy) is 1. The Morgan fingerprint density at radius 3 is 2.91 bits per heavy atom. The van der Waals surface area contributed by atoms with Gasteiger partial charge in [0.1, 0.15) is 5.76 Å². The summed E-state index contributed by atoms with van der Waals surface area (Å²) in [6.07, 6.45) is 1.82. The number of aryl methyl sites for hydroxylation is 1. The van der Waals surface area contributed by atoms with E-state index in [1.54, 1.807) is 0 Å². The van der Waals surface area contributed by atoms with Crippen molar-refractivity contribution in [3.63, 3.8) is 0 Å². The second-order valence-electron chi connectivity index (χ2n) is 5.41. The largest absolute Gasteiger partial charge is 0.453 e. The lowest BCUT2D eigenvalue weighted by Crippen LogP contribution is -2.24. The van der Waals surface area contributed by atoms with Gasteiger partial charge in [-0.2, -0.15) is 0 Å². The predicted octanol–water partition coefficient (Wildman–Crippen LogP) is 4.96. The van der Waals surface area contributed by atoms with E-state index in [0.717, 1.165) is 51.2 Å². The van der Waals surface area contributed by atoms with Gasteiger partial charge in [0, 0.05) is 23.5 Å². The van der Waals surface area contributed by atoms with Crippen LogP contribution < -0.4 is 4.72 Å². The Bertz CT molecular complexity index is 823. The number of furan rings is 1. The number of halogens is 1. The molecule has 1 saturated heterocycles. The maximum absolute atomic E-state index is 6.23. The summed E-state index contributed by atoms with van der Waals surface area (Å²) in [6.45, 7) is 3.56. The minimum atomic E-state index is 0.405. The molecule has 4 rings (SSSR count). The van der Waals surface area contributed by atoms with Crippen molar-refractivity contribution in [2.45, 2.75) is 17.9 Å². The van der Waals surface area contributed by atoms with E-state index < -0.39 is 0 Å². The Hall–Kier alpha value is -1.56. The van der Waals surface area contributed by atoms with Crippen molar-refractivity contribution in [2.75, 3.05) is 17.9 Å². The molecule has 1 aromatic carbocycles. The molecule has 1 aliphatic heterocycles. The lowest BCUT2D eigenvalue weighted by Gasteiger charge is -2.23. The van der Waals surface area contributed by atoms with Gasteiger partial charge >= 0.3 is 0 Å². The molecule has 3 heterocycles. The molecule has 0 aliphatic carbocycles. The first-order valence-corrected chi connectivity index (χ1v) is 8.28. The van der Waals surface area contributed by atoms with Crippen molar-refractivity contribution in [3.8, 4) is 0 Å². The fraction of sp³-hybridized carbons (Fsp3) is 0.250. The van der Waals surface area contributed by atoms with Crippen molar-refractivity contribution in [2.24, 2.45) is 0 Å². The summed E-state index contributed by atoms with van der Waals surface area (Å²) in [5.41, 5.74) is 3.15. The van der Waals surface area contributed by atoms with Gasteiger partial charge in [-0.15, -0.1) is 0 Å². The van der Waals surface area contributed by atoms with Crippen molar-refractivity contribution in [1.82, 2.24) is 4.98 Å². The number of aromatic nitrogens is 1. The third kappa shape index (κ3) is 2.39. The Labute approximate surface area is 137 Å². The highest BCUT2D eigenvalue weighted by atomic mass is 35.5. The molecule has 2 N–H and O–H groups in total. The zero-order valence-electron chi connectivity index (χ0n) is 12.0. The Morgan fingerprint density at radius 2 is 2.14 bits per heavy atom. The van der Waals surface area contributed by atoms with Crippen LogP contribution in [0.2, 0.25) is 5.02 Å². The number of benzene rings is 1. The number of hydrogen-bond donors (Lipinski definition) is 2. The molecule has 1 fully saturated rings. The second-order valence-corrected chi connectivity index (χ2v) is 6.63. The van der Waals surface area contributed by atoms with Gasteiger partial charge in [0.05, 0.1) is 35.4 Å². The average molecular weight is 335 g/mol. The molecule has 2 aromatic heterocycles. The molecule has 6 heteroatoms. The molecule has 0 unspecified atom stereocenters. The van der Waals surface area contributed by atoms with Crippen LogP contribution in [-0.4, -0.2) is 18.2 Å². The first-order valence-electron chi connectivity index (χ1n) is 7.09. The van der Waals surface area contributed by atoms with Crippen LogP contribution in [0.15, 0.2) is 40.0 Å². The van der Waals surface area contributed by atoms with Crippen LogP contribution in [0, 0.1) is 6.92 Å². The number of rotatable bonds is 4. The van der Waals surface area contributed by atoms with Crippen LogP contribution in [0.1, 0.15) is 17.2 Å². The number of aromatic amines is 1. The molecule has 0 amide bonds. The summed E-state index contributed by atoms with van der Waals surface area (Å²) < 4.78 is 14.4. The normalized spacial score (nSPS) is 15.2. The fourth-order valence-electron chi connectivity index (χ4n) is 2.57. The molecule has 3 aromatic rings. The van der Waals surface area contributed by atoms with Crippen molar-refractivity contribution in [3.05, 3.63) is 46.8 Å². The van der Waals surface area contributed by atoms with Gasteiger partial charge in [-0.25, -0.2) is 0 Å². The zero-order valence-corrected chi connectivity index (χ0v) is 13.6. The molecule has 0 spiro atoms. The molecular formula is C16H15ClN2O2S. The number of anilines is 1. The molecule has 1 aliphatic rings. The van der Waals surface area contributed by atoms with Gasteiger partial charge < -0.3 is 18.9 Å². The van der Waals surface area contributed by atoms with Gasteiger partial charge in [0.2, 0.25) is 0 Å². The monoisotopic (exact) mass is 334 g/mol. The van der Waals surface area contributed by atoms with Crippen molar-refractivity contribution in [1.29, 1.82) is 0 Å². The van der Waals surface area contributed by atoms with Gasteiger partial charge in [0.25, 0.3) is 0 Å². The van der Waals surface area contributed by atoms with E-state index in [1.807, 2.05) is 24.4 Å². The van der Waals surface area contributed by atoms with E-state index in [9.17, 15) is 0 Å². The van der Waals surface area contributed by atoms with E-state index in [-0.39, 0.29) is 0 Å². The van der Waals surface area contributed by atoms with Gasteiger partial charge in [0.15, 0.2) is 5.09 Å². The minimum Gasteiger partial charge on any atom is -0.453 e. The number of hydrogen-bond acceptors (Lipinski definition) is 4. The first-order chi connectivity index (χ1) is 10.7. The van der Waals surface area contributed by atoms with Crippen LogP contribution >= 0.6 is 23.5 Å². The highest BCUT2D eigenvalue weighted by Gasteiger charge is 2.23. The van der Waals surface area contributed by atoms with Gasteiger partial charge in [-0.3, -0.25) is 0 Å². The summed E-state index contributed by atoms with van der Waals surface area (Å²) in [5.74, 6) is 1.40. The molecule has 0 saturated carbocycles. The fourth-order valence-corrected chi connectivity index (χ4v) is 3.52. The van der Waals surface area contributed by atoms with Gasteiger partial charge in [-0.1, -0.05) is 17.7 Å². The smallest absolute Gasteiger partial charge is 0.180 e. The Kier molecular flexibility index (Phi) is 3.56. The van der Waals surface area contributed by atoms with Crippen LogP contribution in [0.5, 0.6) is 0 Å². The van der Waals surface area contributed by atoms with E-state index in [4.69, 9.17) is 20.8 Å². The number of nitrogens with one attached hydrogen (secondary N) is 2. The Balaban J connectivity index is 1.54. The number of fused-ring (bicyclic) bond motifs is 1. The standard InChI is InChI=1S/C16H15ClN2O2S/c1-9-2-3-12(16-15(9)11(17)6-18-16)19-22-14-5-4-13(21-14)10-7-20-8-10/h2-6,10,18-19H,7-8H2,1H3. The lowest BCUT2D eigenvalue weighted by atomic mass is 10.1. The van der Waals surface area contributed by atoms with Crippen LogP contribution in [0.3, 0.4) is 0 Å². The molecule has 0 radical (unpaired) electrons. The highest BCUT2D eigenvalue weighted by molar-refractivity contribution is 8.00. The topological polar surface area (TPSA) is 50.2 Å². The zero-order chi connectivity index (χ0) is 15.1. The summed E-state index contributed by atoms with van der Waals surface area (Å²) >= 11 is 7.69. The second kappa shape index (κ2) is 5.57. The maximum atomic E-state index is 6.23. The molecule has 114 valence electrons. The van der Waals surface area contributed by atoms with Crippen LogP contribution in [0.4, 0.5) is 5.69 Å². The van der Waals surface area contributed by atoms with Crippen LogP contribution in [0.25, 0.3) is 10.9 Å². The maximum Gasteiger partial charge on any atom is 0.180 e. The molecule has 22 heavy (non-hydrogen) atoms. The third-order valence-corrected chi connectivity index (χ3v) is 4.94. The summed E-state index contributed by atoms with van der Waals surface area (Å²) in [5, 5.41) is 2.64.